The average molecular weight is 547 g/mol. The second-order valence-corrected chi connectivity index (χ2v) is 10.8. The SMILES string of the molecule is Cc1ccc(-c2nccc3[nH]c(-c4[nH]nc5ncc(-c6cncc(CNCc7ccccc7)c6)c(F)c45)nc23)s1. The van der Waals surface area contributed by atoms with E-state index in [0.29, 0.717) is 34.7 Å². The molecule has 6 aromatic heterocycles. The molecule has 0 unspecified atom stereocenters. The van der Waals surface area contributed by atoms with Gasteiger partial charge in [-0.1, -0.05) is 30.3 Å². The number of aryl methyl sites for hydroxylation is 1. The van der Waals surface area contributed by atoms with Gasteiger partial charge >= 0.3 is 0 Å². The molecule has 0 aliphatic rings. The third-order valence-corrected chi connectivity index (χ3v) is 7.74. The summed E-state index contributed by atoms with van der Waals surface area (Å²) < 4.78 is 16.1. The number of nitrogens with one attached hydrogen (secondary N) is 3. The van der Waals surface area contributed by atoms with Crippen LogP contribution in [0.5, 0.6) is 0 Å². The minimum atomic E-state index is -0.433. The summed E-state index contributed by atoms with van der Waals surface area (Å²) in [6.07, 6.45) is 6.67. The third kappa shape index (κ3) is 4.42. The highest BCUT2D eigenvalue weighted by Gasteiger charge is 2.21. The number of hydrogen-bond donors (Lipinski definition) is 3. The van der Waals surface area contributed by atoms with Crippen LogP contribution in [0.3, 0.4) is 0 Å². The Morgan fingerprint density at radius 2 is 1.82 bits per heavy atom. The maximum Gasteiger partial charge on any atom is 0.184 e. The molecule has 0 fully saturated rings. The van der Waals surface area contributed by atoms with Crippen LogP contribution in [0.2, 0.25) is 0 Å². The number of rotatable bonds is 7. The Bertz CT molecular complexity index is 1970. The first-order valence-corrected chi connectivity index (χ1v) is 13.6. The number of pyridine rings is 3. The zero-order valence-corrected chi connectivity index (χ0v) is 22.3. The van der Waals surface area contributed by atoms with Gasteiger partial charge < -0.3 is 10.3 Å². The van der Waals surface area contributed by atoms with E-state index in [9.17, 15) is 0 Å². The first-order valence-electron chi connectivity index (χ1n) is 12.8. The predicted molar refractivity (Wildman–Crippen MR) is 155 cm³/mol. The molecule has 0 aliphatic heterocycles. The molecule has 7 aromatic rings. The smallest absolute Gasteiger partial charge is 0.184 e. The van der Waals surface area contributed by atoms with E-state index in [-0.39, 0.29) is 11.0 Å². The molecule has 3 N–H and O–H groups in total. The van der Waals surface area contributed by atoms with Gasteiger partial charge in [-0.15, -0.1) is 11.3 Å². The highest BCUT2D eigenvalue weighted by Crippen LogP contribution is 2.35. The summed E-state index contributed by atoms with van der Waals surface area (Å²) in [5.74, 6) is 0.0347. The summed E-state index contributed by atoms with van der Waals surface area (Å²) in [6.45, 7) is 3.39. The molecule has 196 valence electrons. The van der Waals surface area contributed by atoms with Crippen LogP contribution < -0.4 is 5.32 Å². The second-order valence-electron chi connectivity index (χ2n) is 9.51. The van der Waals surface area contributed by atoms with Crippen LogP contribution in [0.25, 0.3) is 55.3 Å². The first-order chi connectivity index (χ1) is 19.6. The monoisotopic (exact) mass is 546 g/mol. The minimum absolute atomic E-state index is 0.269. The summed E-state index contributed by atoms with van der Waals surface area (Å²) >= 11 is 1.65. The number of aromatic amines is 2. The fraction of sp³-hybridized carbons (Fsp3) is 0.100. The van der Waals surface area contributed by atoms with Crippen molar-refractivity contribution in [3.63, 3.8) is 0 Å². The van der Waals surface area contributed by atoms with E-state index >= 15 is 4.39 Å². The molecule has 6 heterocycles. The van der Waals surface area contributed by atoms with Gasteiger partial charge in [-0.25, -0.2) is 14.4 Å². The van der Waals surface area contributed by atoms with Gasteiger partial charge in [-0.3, -0.25) is 15.1 Å². The van der Waals surface area contributed by atoms with Gasteiger partial charge in [-0.05, 0) is 42.3 Å². The molecule has 1 aromatic carbocycles. The normalized spacial score (nSPS) is 11.6. The molecule has 0 amide bonds. The van der Waals surface area contributed by atoms with E-state index in [4.69, 9.17) is 4.98 Å². The Labute approximate surface area is 232 Å². The van der Waals surface area contributed by atoms with Crippen LogP contribution in [-0.4, -0.2) is 35.1 Å². The Balaban J connectivity index is 1.23. The lowest BCUT2D eigenvalue weighted by molar-refractivity contribution is 0.642. The van der Waals surface area contributed by atoms with Crippen LogP contribution >= 0.6 is 11.3 Å². The summed E-state index contributed by atoms with van der Waals surface area (Å²) in [6, 6.07) is 18.1. The van der Waals surface area contributed by atoms with Crippen LogP contribution in [-0.2, 0) is 13.1 Å². The lowest BCUT2D eigenvalue weighted by Gasteiger charge is -2.08. The van der Waals surface area contributed by atoms with E-state index in [1.54, 1.807) is 29.9 Å². The van der Waals surface area contributed by atoms with E-state index < -0.39 is 5.82 Å². The van der Waals surface area contributed by atoms with E-state index in [1.165, 1.54) is 16.6 Å². The van der Waals surface area contributed by atoms with Crippen molar-refractivity contribution in [2.24, 2.45) is 0 Å². The molecule has 7 rings (SSSR count). The van der Waals surface area contributed by atoms with E-state index in [2.05, 4.69) is 60.6 Å². The van der Waals surface area contributed by atoms with Gasteiger partial charge in [0.05, 0.1) is 15.8 Å². The number of imidazole rings is 1. The number of H-pyrrole nitrogens is 2. The maximum atomic E-state index is 16.1. The maximum absolute atomic E-state index is 16.1. The van der Waals surface area contributed by atoms with Crippen molar-refractivity contribution in [2.45, 2.75) is 20.0 Å². The van der Waals surface area contributed by atoms with Crippen molar-refractivity contribution in [3.05, 3.63) is 101 Å². The van der Waals surface area contributed by atoms with Crippen LogP contribution in [0.15, 0.2) is 79.4 Å². The standard InChI is InChI=1S/C30H23FN8S/c1-17-7-8-23(40-17)27-26-22(9-10-34-27)36-30(37-26)28-24-25(31)21(16-35-29(24)39-38-28)20-11-19(14-33-15-20)13-32-12-18-5-3-2-4-6-18/h2-11,14-16,32H,12-13H2,1H3,(H,36,37)(H,35,38,39). The molecular formula is C30H23FN8S. The largest absolute Gasteiger partial charge is 0.337 e. The molecule has 40 heavy (non-hydrogen) atoms. The van der Waals surface area contributed by atoms with Crippen molar-refractivity contribution in [1.29, 1.82) is 0 Å². The summed E-state index contributed by atoms with van der Waals surface area (Å²) in [4.78, 5) is 23.7. The average Bonchev–Trinajstić information content (AvgIpc) is 3.72. The minimum Gasteiger partial charge on any atom is -0.337 e. The number of nitrogens with zero attached hydrogens (tertiary/aromatic N) is 5. The zero-order valence-electron chi connectivity index (χ0n) is 21.4. The Morgan fingerprint density at radius 1 is 0.950 bits per heavy atom. The topological polar surface area (TPSA) is 108 Å². The lowest BCUT2D eigenvalue weighted by atomic mass is 10.1. The van der Waals surface area contributed by atoms with Crippen molar-refractivity contribution in [2.75, 3.05) is 0 Å². The fourth-order valence-corrected chi connectivity index (χ4v) is 5.66. The van der Waals surface area contributed by atoms with Crippen LogP contribution in [0.1, 0.15) is 16.0 Å². The van der Waals surface area contributed by atoms with Gasteiger partial charge in [0.2, 0.25) is 0 Å². The number of fused-ring (bicyclic) bond motifs is 2. The molecule has 0 saturated heterocycles. The van der Waals surface area contributed by atoms with Crippen LogP contribution in [0.4, 0.5) is 4.39 Å². The Hall–Kier alpha value is -4.80. The Morgan fingerprint density at radius 3 is 2.67 bits per heavy atom. The fourth-order valence-electron chi connectivity index (χ4n) is 4.80. The quantitative estimate of drug-likeness (QED) is 0.213. The molecule has 0 spiro atoms. The summed E-state index contributed by atoms with van der Waals surface area (Å²) in [7, 11) is 0. The summed E-state index contributed by atoms with van der Waals surface area (Å²) in [5.41, 5.74) is 6.13. The van der Waals surface area contributed by atoms with Crippen molar-refractivity contribution < 1.29 is 4.39 Å². The van der Waals surface area contributed by atoms with Crippen molar-refractivity contribution >= 4 is 33.4 Å². The molecule has 8 nitrogen and oxygen atoms in total. The molecule has 0 bridgehead atoms. The van der Waals surface area contributed by atoms with E-state index in [0.717, 1.165) is 28.2 Å². The first kappa shape index (κ1) is 24.3. The molecular weight excluding hydrogens is 523 g/mol. The number of aromatic nitrogens is 7. The molecule has 0 radical (unpaired) electrons. The second kappa shape index (κ2) is 10.1. The molecule has 0 saturated carbocycles. The highest BCUT2D eigenvalue weighted by molar-refractivity contribution is 7.15. The number of halogens is 1. The van der Waals surface area contributed by atoms with Gasteiger partial charge in [-0.2, -0.15) is 5.10 Å². The molecule has 0 atom stereocenters. The van der Waals surface area contributed by atoms with Gasteiger partial charge in [0.25, 0.3) is 0 Å². The van der Waals surface area contributed by atoms with Gasteiger partial charge in [0.1, 0.15) is 22.7 Å². The Kier molecular flexibility index (Phi) is 6.10. The van der Waals surface area contributed by atoms with Crippen molar-refractivity contribution in [1.82, 2.24) is 40.4 Å². The summed E-state index contributed by atoms with van der Waals surface area (Å²) in [5, 5.41) is 10.9. The molecule has 0 aliphatic carbocycles. The van der Waals surface area contributed by atoms with Crippen molar-refractivity contribution in [3.8, 4) is 33.2 Å². The van der Waals surface area contributed by atoms with Gasteiger partial charge in [0.15, 0.2) is 11.5 Å². The zero-order chi connectivity index (χ0) is 27.1. The third-order valence-electron chi connectivity index (χ3n) is 6.74. The number of benzene rings is 1. The van der Waals surface area contributed by atoms with Crippen LogP contribution in [0, 0.1) is 12.7 Å². The number of thiophene rings is 1. The molecule has 10 heteroatoms. The highest BCUT2D eigenvalue weighted by atomic mass is 32.1. The predicted octanol–water partition coefficient (Wildman–Crippen LogP) is 6.42. The van der Waals surface area contributed by atoms with Gasteiger partial charge in [0, 0.05) is 53.9 Å². The number of hydrogen-bond acceptors (Lipinski definition) is 7. The van der Waals surface area contributed by atoms with E-state index in [1.807, 2.05) is 36.4 Å². The lowest BCUT2D eigenvalue weighted by Crippen LogP contribution is -2.12.